The molecule has 180 valence electrons. The van der Waals surface area contributed by atoms with Crippen LogP contribution in [-0.2, 0) is 12.8 Å². The van der Waals surface area contributed by atoms with Crippen LogP contribution in [0.25, 0.3) is 0 Å². The van der Waals surface area contributed by atoms with Crippen molar-refractivity contribution in [1.82, 2.24) is 14.7 Å². The van der Waals surface area contributed by atoms with E-state index in [1.807, 2.05) is 6.07 Å². The molecule has 0 saturated heterocycles. The van der Waals surface area contributed by atoms with Crippen LogP contribution in [-0.4, -0.2) is 28.9 Å². The minimum absolute atomic E-state index is 0.267. The monoisotopic (exact) mass is 531 g/mol. The van der Waals surface area contributed by atoms with Crippen molar-refractivity contribution >= 4 is 40.6 Å². The number of hydrogen-bond donors (Lipinski definition) is 1. The van der Waals surface area contributed by atoms with E-state index in [-0.39, 0.29) is 11.7 Å². The molecular formula is C25H20Cl2FN3O3S. The van der Waals surface area contributed by atoms with E-state index in [9.17, 15) is 9.18 Å². The van der Waals surface area contributed by atoms with E-state index in [4.69, 9.17) is 32.7 Å². The number of ether oxygens (including phenoxy) is 2. The third kappa shape index (κ3) is 6.69. The molecule has 0 aliphatic carbocycles. The molecular weight excluding hydrogens is 512 g/mol. The average Bonchev–Trinajstić information content (AvgIpc) is 3.28. The quantitative estimate of drug-likeness (QED) is 0.272. The zero-order chi connectivity index (χ0) is 24.8. The number of carbonyl (C=O) groups is 1. The number of methoxy groups -OCH3 is 1. The van der Waals surface area contributed by atoms with E-state index in [0.29, 0.717) is 57.5 Å². The number of nitrogens with zero attached hydrogens (tertiary/aromatic N) is 2. The summed E-state index contributed by atoms with van der Waals surface area (Å²) in [6, 6.07) is 16.3. The highest BCUT2D eigenvalue weighted by Crippen LogP contribution is 2.33. The highest BCUT2D eigenvalue weighted by atomic mass is 35.5. The molecule has 0 fully saturated rings. The largest absolute Gasteiger partial charge is 0.493 e. The summed E-state index contributed by atoms with van der Waals surface area (Å²) < 4.78 is 28.7. The second kappa shape index (κ2) is 11.5. The zero-order valence-electron chi connectivity index (χ0n) is 18.6. The Hall–Kier alpha value is -3.20. The number of halogens is 3. The summed E-state index contributed by atoms with van der Waals surface area (Å²) in [5.74, 6) is 0.770. The van der Waals surface area contributed by atoms with Crippen LogP contribution in [0.1, 0.15) is 27.3 Å². The van der Waals surface area contributed by atoms with Crippen LogP contribution >= 0.6 is 34.7 Å². The Morgan fingerprint density at radius 3 is 2.60 bits per heavy atom. The van der Waals surface area contributed by atoms with Gasteiger partial charge in [-0.1, -0.05) is 41.4 Å². The Morgan fingerprint density at radius 1 is 1.06 bits per heavy atom. The Kier molecular flexibility index (Phi) is 8.17. The first kappa shape index (κ1) is 24.9. The normalized spacial score (nSPS) is 10.7. The highest BCUT2D eigenvalue weighted by molar-refractivity contribution is 7.07. The summed E-state index contributed by atoms with van der Waals surface area (Å²) >= 11 is 13.2. The van der Waals surface area contributed by atoms with Gasteiger partial charge >= 0.3 is 0 Å². The van der Waals surface area contributed by atoms with Crippen LogP contribution in [0.2, 0.25) is 10.0 Å². The first-order valence-corrected chi connectivity index (χ1v) is 12.1. The lowest BCUT2D eigenvalue weighted by atomic mass is 10.1. The second-order valence-corrected chi connectivity index (χ2v) is 9.05. The summed E-state index contributed by atoms with van der Waals surface area (Å²) in [5.41, 5.74) is 2.17. The molecule has 0 bridgehead atoms. The van der Waals surface area contributed by atoms with Gasteiger partial charge in [-0.3, -0.25) is 4.79 Å². The molecule has 3 aromatic carbocycles. The Bertz CT molecular complexity index is 1330. The molecule has 0 atom stereocenters. The number of nitrogens with one attached hydrogen (secondary N) is 1. The fourth-order valence-corrected chi connectivity index (χ4v) is 4.33. The minimum atomic E-state index is -0.297. The van der Waals surface area contributed by atoms with Gasteiger partial charge in [-0.05, 0) is 60.0 Å². The standard InChI is InChI=1S/C25H20Cl2FN3O3S/c1-33-21-9-5-17(24(32)29-11-10-16-4-6-18(26)14-20(16)27)13-22(21)34-25-30-23(31-35-25)12-15-2-7-19(28)8-3-15/h2-9,13-14H,10-12H2,1H3,(H,29,32). The predicted octanol–water partition coefficient (Wildman–Crippen LogP) is 6.35. The van der Waals surface area contributed by atoms with Gasteiger partial charge in [-0.2, -0.15) is 9.36 Å². The second-order valence-electron chi connectivity index (χ2n) is 7.49. The van der Waals surface area contributed by atoms with Crippen LogP contribution in [0.15, 0.2) is 60.7 Å². The summed E-state index contributed by atoms with van der Waals surface area (Å²) in [5, 5.41) is 4.30. The molecule has 1 amide bonds. The molecule has 6 nitrogen and oxygen atoms in total. The van der Waals surface area contributed by atoms with Gasteiger partial charge in [-0.15, -0.1) is 0 Å². The van der Waals surface area contributed by atoms with Crippen LogP contribution < -0.4 is 14.8 Å². The molecule has 1 aromatic heterocycles. The SMILES string of the molecule is COc1ccc(C(=O)NCCc2ccc(Cl)cc2Cl)cc1Oc1nc(Cc2ccc(F)cc2)ns1. The molecule has 0 spiro atoms. The van der Waals surface area contributed by atoms with Crippen molar-refractivity contribution in [3.05, 3.63) is 99.0 Å². The van der Waals surface area contributed by atoms with Gasteiger partial charge in [0.1, 0.15) is 5.82 Å². The number of benzene rings is 3. The topological polar surface area (TPSA) is 73.3 Å². The van der Waals surface area contributed by atoms with Gasteiger partial charge in [0.15, 0.2) is 17.3 Å². The summed E-state index contributed by atoms with van der Waals surface area (Å²) in [4.78, 5) is 17.1. The lowest BCUT2D eigenvalue weighted by molar-refractivity contribution is 0.0953. The molecule has 0 saturated carbocycles. The smallest absolute Gasteiger partial charge is 0.298 e. The van der Waals surface area contributed by atoms with Crippen LogP contribution in [0.5, 0.6) is 16.7 Å². The van der Waals surface area contributed by atoms with Gasteiger partial charge in [0.25, 0.3) is 11.1 Å². The summed E-state index contributed by atoms with van der Waals surface area (Å²) in [6.07, 6.45) is 1.00. The highest BCUT2D eigenvalue weighted by Gasteiger charge is 2.15. The fraction of sp³-hybridized carbons (Fsp3) is 0.160. The Labute approximate surface area is 215 Å². The molecule has 0 aliphatic rings. The van der Waals surface area contributed by atoms with E-state index < -0.39 is 0 Å². The molecule has 35 heavy (non-hydrogen) atoms. The van der Waals surface area contributed by atoms with Crippen molar-refractivity contribution in [1.29, 1.82) is 0 Å². The van der Waals surface area contributed by atoms with Crippen molar-refractivity contribution in [2.45, 2.75) is 12.8 Å². The molecule has 0 aliphatic heterocycles. The summed E-state index contributed by atoms with van der Waals surface area (Å²) in [7, 11) is 1.51. The molecule has 1 heterocycles. The Morgan fingerprint density at radius 2 is 1.86 bits per heavy atom. The maximum atomic E-state index is 13.1. The third-order valence-corrected chi connectivity index (χ3v) is 6.26. The number of aromatic nitrogens is 2. The van der Waals surface area contributed by atoms with Crippen molar-refractivity contribution in [3.63, 3.8) is 0 Å². The van der Waals surface area contributed by atoms with Crippen molar-refractivity contribution in [2.24, 2.45) is 0 Å². The molecule has 4 rings (SSSR count). The molecule has 0 unspecified atom stereocenters. The van der Waals surface area contributed by atoms with Crippen LogP contribution in [0.3, 0.4) is 0 Å². The van der Waals surface area contributed by atoms with Gasteiger partial charge < -0.3 is 14.8 Å². The third-order valence-electron chi connectivity index (χ3n) is 5.04. The fourth-order valence-electron chi connectivity index (χ4n) is 3.26. The first-order valence-electron chi connectivity index (χ1n) is 10.6. The average molecular weight is 532 g/mol. The molecule has 1 N–H and O–H groups in total. The predicted molar refractivity (Wildman–Crippen MR) is 135 cm³/mol. The maximum absolute atomic E-state index is 13.1. The number of rotatable bonds is 9. The van der Waals surface area contributed by atoms with Crippen molar-refractivity contribution < 1.29 is 18.7 Å². The van der Waals surface area contributed by atoms with Crippen LogP contribution in [0.4, 0.5) is 4.39 Å². The zero-order valence-corrected chi connectivity index (χ0v) is 20.9. The van der Waals surface area contributed by atoms with E-state index in [0.717, 1.165) is 22.7 Å². The van der Waals surface area contributed by atoms with E-state index in [1.165, 1.54) is 19.2 Å². The molecule has 4 aromatic rings. The summed E-state index contributed by atoms with van der Waals surface area (Å²) in [6.45, 7) is 0.394. The lowest BCUT2D eigenvalue weighted by Gasteiger charge is -2.11. The van der Waals surface area contributed by atoms with Gasteiger partial charge in [0.05, 0.1) is 7.11 Å². The van der Waals surface area contributed by atoms with E-state index in [1.54, 1.807) is 42.5 Å². The van der Waals surface area contributed by atoms with E-state index >= 15 is 0 Å². The number of amides is 1. The Balaban J connectivity index is 1.40. The maximum Gasteiger partial charge on any atom is 0.298 e. The molecule has 0 radical (unpaired) electrons. The van der Waals surface area contributed by atoms with Crippen molar-refractivity contribution in [3.8, 4) is 16.7 Å². The lowest BCUT2D eigenvalue weighted by Crippen LogP contribution is -2.25. The van der Waals surface area contributed by atoms with Gasteiger partial charge in [0, 0.05) is 40.1 Å². The van der Waals surface area contributed by atoms with Gasteiger partial charge in [-0.25, -0.2) is 4.39 Å². The molecule has 10 heteroatoms. The van der Waals surface area contributed by atoms with Crippen molar-refractivity contribution in [2.75, 3.05) is 13.7 Å². The number of carbonyl (C=O) groups excluding carboxylic acids is 1. The number of hydrogen-bond acceptors (Lipinski definition) is 6. The van der Waals surface area contributed by atoms with Crippen LogP contribution in [0, 0.1) is 5.82 Å². The van der Waals surface area contributed by atoms with E-state index in [2.05, 4.69) is 14.7 Å². The minimum Gasteiger partial charge on any atom is -0.493 e. The first-order chi connectivity index (χ1) is 16.9. The van der Waals surface area contributed by atoms with Gasteiger partial charge in [0.2, 0.25) is 0 Å².